The molecule has 4 aromatic rings. The van der Waals surface area contributed by atoms with Gasteiger partial charge in [-0.15, -0.1) is 0 Å². The Morgan fingerprint density at radius 2 is 2.07 bits per heavy atom. The molecule has 1 atom stereocenters. The van der Waals surface area contributed by atoms with Crippen LogP contribution in [0.3, 0.4) is 0 Å². The molecule has 4 rings (SSSR count). The van der Waals surface area contributed by atoms with E-state index < -0.39 is 6.61 Å². The van der Waals surface area contributed by atoms with Gasteiger partial charge in [-0.1, -0.05) is 11.6 Å². The molecule has 0 saturated heterocycles. The summed E-state index contributed by atoms with van der Waals surface area (Å²) in [5, 5.41) is 14.0. The molecule has 0 aromatic carbocycles. The minimum absolute atomic E-state index is 0.169. The summed E-state index contributed by atoms with van der Waals surface area (Å²) in [4.78, 5) is 13.1. The predicted molar refractivity (Wildman–Crippen MR) is 96.9 cm³/mol. The smallest absolute Gasteiger partial charge is 0.388 e. The van der Waals surface area contributed by atoms with E-state index in [0.29, 0.717) is 22.0 Å². The van der Waals surface area contributed by atoms with Crippen LogP contribution in [0.4, 0.5) is 20.4 Å². The SMILES string of the molecule is C[C@@H](c1cc(Cl)ccn1)n1ncc2ncc(Nc3cc(OC(F)F)[nH]n3)nc21. The maximum atomic E-state index is 12.2. The second-order valence-corrected chi connectivity index (χ2v) is 6.19. The number of halogens is 3. The van der Waals surface area contributed by atoms with Gasteiger partial charge in [0.05, 0.1) is 24.1 Å². The number of pyridine rings is 1. The van der Waals surface area contributed by atoms with Crippen LogP contribution in [0.1, 0.15) is 18.7 Å². The van der Waals surface area contributed by atoms with Crippen molar-refractivity contribution >= 4 is 34.4 Å². The molecule has 12 heteroatoms. The number of ether oxygens (including phenoxy) is 1. The number of anilines is 2. The Hall–Kier alpha value is -3.34. The van der Waals surface area contributed by atoms with Crippen molar-refractivity contribution in [3.63, 3.8) is 0 Å². The van der Waals surface area contributed by atoms with Gasteiger partial charge in [0.15, 0.2) is 17.3 Å². The molecule has 28 heavy (non-hydrogen) atoms. The Bertz CT molecular complexity index is 1110. The van der Waals surface area contributed by atoms with Gasteiger partial charge in [0.1, 0.15) is 5.52 Å². The lowest BCUT2D eigenvalue weighted by Gasteiger charge is -2.13. The van der Waals surface area contributed by atoms with Gasteiger partial charge >= 0.3 is 6.61 Å². The van der Waals surface area contributed by atoms with Crippen molar-refractivity contribution in [2.45, 2.75) is 19.6 Å². The lowest BCUT2D eigenvalue weighted by Crippen LogP contribution is -2.11. The van der Waals surface area contributed by atoms with Crippen LogP contribution in [-0.4, -0.2) is 41.5 Å². The first-order chi connectivity index (χ1) is 13.5. The monoisotopic (exact) mass is 406 g/mol. The largest absolute Gasteiger partial charge is 0.417 e. The first-order valence-electron chi connectivity index (χ1n) is 8.08. The summed E-state index contributed by atoms with van der Waals surface area (Å²) in [5.41, 5.74) is 1.82. The molecule has 0 unspecified atom stereocenters. The fourth-order valence-corrected chi connectivity index (χ4v) is 2.76. The Kier molecular flexibility index (Phi) is 4.74. The number of aromatic nitrogens is 7. The van der Waals surface area contributed by atoms with Crippen molar-refractivity contribution in [2.75, 3.05) is 5.32 Å². The fourth-order valence-electron chi connectivity index (χ4n) is 2.59. The van der Waals surface area contributed by atoms with Crippen molar-refractivity contribution in [3.8, 4) is 5.88 Å². The lowest BCUT2D eigenvalue weighted by molar-refractivity contribution is -0.0528. The number of hydrogen-bond acceptors (Lipinski definition) is 7. The van der Waals surface area contributed by atoms with Crippen LogP contribution in [0.25, 0.3) is 11.2 Å². The summed E-state index contributed by atoms with van der Waals surface area (Å²) in [6.07, 6.45) is 4.70. The Labute approximate surface area is 161 Å². The zero-order valence-corrected chi connectivity index (χ0v) is 15.1. The summed E-state index contributed by atoms with van der Waals surface area (Å²) in [7, 11) is 0. The second-order valence-electron chi connectivity index (χ2n) is 5.75. The van der Waals surface area contributed by atoms with E-state index in [0.717, 1.165) is 5.69 Å². The number of nitrogens with zero attached hydrogens (tertiary/aromatic N) is 6. The first-order valence-corrected chi connectivity index (χ1v) is 8.46. The van der Waals surface area contributed by atoms with Crippen molar-refractivity contribution in [1.82, 2.24) is 34.9 Å². The molecule has 0 fully saturated rings. The maximum Gasteiger partial charge on any atom is 0.388 e. The molecule has 4 heterocycles. The Balaban J connectivity index is 1.62. The van der Waals surface area contributed by atoms with Crippen LogP contribution in [-0.2, 0) is 0 Å². The van der Waals surface area contributed by atoms with E-state index in [2.05, 4.69) is 40.3 Å². The molecule has 0 bridgehead atoms. The lowest BCUT2D eigenvalue weighted by atomic mass is 10.2. The van der Waals surface area contributed by atoms with Gasteiger partial charge in [0.2, 0.25) is 5.88 Å². The van der Waals surface area contributed by atoms with Crippen LogP contribution < -0.4 is 10.1 Å². The predicted octanol–water partition coefficient (Wildman–Crippen LogP) is 3.55. The molecule has 9 nitrogen and oxygen atoms in total. The molecule has 0 spiro atoms. The van der Waals surface area contributed by atoms with E-state index in [-0.39, 0.29) is 17.7 Å². The standard InChI is InChI=1S/C16H13ClF2N8O/c1-8(10-4-9(17)2-3-20-10)27-15-11(6-22-27)21-7-13(24-15)23-12-5-14(26-25-12)28-16(18)19/h2-8,16H,1H3,(H2,23,24,25,26)/t8-/m0/s1. The summed E-state index contributed by atoms with van der Waals surface area (Å²) < 4.78 is 30.4. The minimum atomic E-state index is -2.94. The van der Waals surface area contributed by atoms with E-state index in [9.17, 15) is 8.78 Å². The van der Waals surface area contributed by atoms with E-state index in [1.807, 2.05) is 6.92 Å². The van der Waals surface area contributed by atoms with Gasteiger partial charge in [0, 0.05) is 17.3 Å². The van der Waals surface area contributed by atoms with Crippen LogP contribution in [0, 0.1) is 0 Å². The third-order valence-corrected chi connectivity index (χ3v) is 4.10. The van der Waals surface area contributed by atoms with Gasteiger partial charge in [0.25, 0.3) is 0 Å². The third-order valence-electron chi connectivity index (χ3n) is 3.87. The van der Waals surface area contributed by atoms with E-state index >= 15 is 0 Å². The summed E-state index contributed by atoms with van der Waals surface area (Å²) in [5.74, 6) is 0.438. The molecule has 0 aliphatic heterocycles. The van der Waals surface area contributed by atoms with Gasteiger partial charge in [-0.3, -0.25) is 4.98 Å². The Morgan fingerprint density at radius 3 is 2.86 bits per heavy atom. The number of fused-ring (bicyclic) bond motifs is 1. The molecular weight excluding hydrogens is 394 g/mol. The van der Waals surface area contributed by atoms with Gasteiger partial charge in [-0.25, -0.2) is 19.7 Å². The average molecular weight is 407 g/mol. The highest BCUT2D eigenvalue weighted by Crippen LogP contribution is 2.24. The zero-order chi connectivity index (χ0) is 19.7. The van der Waals surface area contributed by atoms with Crippen molar-refractivity contribution in [1.29, 1.82) is 0 Å². The van der Waals surface area contributed by atoms with Gasteiger partial charge in [-0.2, -0.15) is 19.0 Å². The molecule has 144 valence electrons. The number of rotatable bonds is 6. The number of alkyl halides is 2. The highest BCUT2D eigenvalue weighted by molar-refractivity contribution is 6.30. The third kappa shape index (κ3) is 3.69. The molecule has 0 saturated carbocycles. The molecule has 2 N–H and O–H groups in total. The molecule has 4 aromatic heterocycles. The summed E-state index contributed by atoms with van der Waals surface area (Å²) in [6, 6.07) is 4.49. The molecule has 0 amide bonds. The van der Waals surface area contributed by atoms with E-state index in [1.165, 1.54) is 12.3 Å². The quantitative estimate of drug-likeness (QED) is 0.504. The van der Waals surface area contributed by atoms with Crippen LogP contribution in [0.15, 0.2) is 36.8 Å². The topological polar surface area (TPSA) is 106 Å². The molecule has 0 aliphatic rings. The maximum absolute atomic E-state index is 12.2. The number of aromatic amines is 1. The van der Waals surface area contributed by atoms with Crippen molar-refractivity contribution in [2.24, 2.45) is 0 Å². The fraction of sp³-hybridized carbons (Fsp3) is 0.188. The van der Waals surface area contributed by atoms with Crippen molar-refractivity contribution in [3.05, 3.63) is 47.5 Å². The zero-order valence-electron chi connectivity index (χ0n) is 14.3. The Morgan fingerprint density at radius 1 is 1.21 bits per heavy atom. The van der Waals surface area contributed by atoms with Crippen LogP contribution >= 0.6 is 11.6 Å². The van der Waals surface area contributed by atoms with Gasteiger partial charge < -0.3 is 10.1 Å². The molecule has 0 radical (unpaired) electrons. The van der Waals surface area contributed by atoms with E-state index in [4.69, 9.17) is 11.6 Å². The van der Waals surface area contributed by atoms with Gasteiger partial charge in [-0.05, 0) is 19.1 Å². The highest BCUT2D eigenvalue weighted by atomic mass is 35.5. The second kappa shape index (κ2) is 7.35. The van der Waals surface area contributed by atoms with Crippen LogP contribution in [0.5, 0.6) is 5.88 Å². The molecular formula is C16H13ClF2N8O. The van der Waals surface area contributed by atoms with E-state index in [1.54, 1.807) is 29.2 Å². The molecule has 0 aliphatic carbocycles. The summed E-state index contributed by atoms with van der Waals surface area (Å²) in [6.45, 7) is -1.03. The number of H-pyrrole nitrogens is 1. The average Bonchev–Trinajstić information content (AvgIpc) is 3.27. The number of hydrogen-bond donors (Lipinski definition) is 2. The summed E-state index contributed by atoms with van der Waals surface area (Å²) >= 11 is 6.04. The minimum Gasteiger partial charge on any atom is -0.417 e. The van der Waals surface area contributed by atoms with Crippen LogP contribution in [0.2, 0.25) is 5.02 Å². The van der Waals surface area contributed by atoms with Crippen molar-refractivity contribution < 1.29 is 13.5 Å². The highest BCUT2D eigenvalue weighted by Gasteiger charge is 2.16. The number of nitrogens with one attached hydrogen (secondary N) is 2. The first kappa shape index (κ1) is 18.0. The normalized spacial score (nSPS) is 12.5.